The highest BCUT2D eigenvalue weighted by atomic mass is 32.2. The molecule has 1 heterocycles. The summed E-state index contributed by atoms with van der Waals surface area (Å²) in [6.45, 7) is 2.43. The zero-order chi connectivity index (χ0) is 15.8. The molecule has 120 valence electrons. The molecule has 1 fully saturated rings. The standard InChI is InChI=1S/C14H24N2O4S/c1-11(17)16(10-14(19)20)12-4-3-7-15(8-5-12)13(18)6-9-21-2/h12H,3-10H2,1-2H3,(H,19,20). The van der Waals surface area contributed by atoms with Gasteiger partial charge in [0.05, 0.1) is 0 Å². The van der Waals surface area contributed by atoms with Crippen LogP contribution in [-0.4, -0.2) is 70.4 Å². The number of carboxylic acids is 1. The van der Waals surface area contributed by atoms with Crippen LogP contribution in [0.4, 0.5) is 0 Å². The Morgan fingerprint density at radius 3 is 2.57 bits per heavy atom. The largest absolute Gasteiger partial charge is 0.480 e. The van der Waals surface area contributed by atoms with E-state index in [2.05, 4.69) is 0 Å². The Labute approximate surface area is 129 Å². The van der Waals surface area contributed by atoms with Crippen molar-refractivity contribution in [1.82, 2.24) is 9.80 Å². The number of carbonyl (C=O) groups excluding carboxylic acids is 2. The summed E-state index contributed by atoms with van der Waals surface area (Å²) in [5.74, 6) is -0.248. The van der Waals surface area contributed by atoms with Gasteiger partial charge in [-0.1, -0.05) is 0 Å². The number of carboxylic acid groups (broad SMARTS) is 1. The van der Waals surface area contributed by atoms with Crippen molar-refractivity contribution in [2.75, 3.05) is 31.6 Å². The van der Waals surface area contributed by atoms with Crippen molar-refractivity contribution in [3.8, 4) is 0 Å². The van der Waals surface area contributed by atoms with Gasteiger partial charge in [0.25, 0.3) is 0 Å². The van der Waals surface area contributed by atoms with Crippen LogP contribution in [0.25, 0.3) is 0 Å². The Bertz CT molecular complexity index is 389. The molecular weight excluding hydrogens is 292 g/mol. The topological polar surface area (TPSA) is 77.9 Å². The molecule has 0 spiro atoms. The van der Waals surface area contributed by atoms with E-state index in [9.17, 15) is 14.4 Å². The minimum absolute atomic E-state index is 0.0862. The van der Waals surface area contributed by atoms with Gasteiger partial charge in [-0.25, -0.2) is 0 Å². The molecule has 0 saturated carbocycles. The first kappa shape index (κ1) is 17.8. The Balaban J connectivity index is 2.59. The van der Waals surface area contributed by atoms with Crippen molar-refractivity contribution >= 4 is 29.5 Å². The Kier molecular flexibility index (Phi) is 7.56. The summed E-state index contributed by atoms with van der Waals surface area (Å²) in [7, 11) is 0. The molecule has 6 nitrogen and oxygen atoms in total. The molecule has 1 unspecified atom stereocenters. The SMILES string of the molecule is CSCCC(=O)N1CCCC(N(CC(=O)O)C(C)=O)CC1. The molecule has 0 radical (unpaired) electrons. The lowest BCUT2D eigenvalue weighted by molar-refractivity contribution is -0.145. The first-order valence-electron chi connectivity index (χ1n) is 7.21. The number of thioether (sulfide) groups is 1. The predicted molar refractivity (Wildman–Crippen MR) is 82.2 cm³/mol. The second-order valence-corrected chi connectivity index (χ2v) is 6.23. The van der Waals surface area contributed by atoms with Crippen molar-refractivity contribution in [2.24, 2.45) is 0 Å². The highest BCUT2D eigenvalue weighted by Gasteiger charge is 2.27. The number of likely N-dealkylation sites (tertiary alicyclic amines) is 1. The highest BCUT2D eigenvalue weighted by molar-refractivity contribution is 7.98. The van der Waals surface area contributed by atoms with E-state index >= 15 is 0 Å². The van der Waals surface area contributed by atoms with Gasteiger partial charge in [-0.2, -0.15) is 11.8 Å². The maximum absolute atomic E-state index is 12.0. The molecular formula is C14H24N2O4S. The van der Waals surface area contributed by atoms with Crippen LogP contribution in [0.2, 0.25) is 0 Å². The van der Waals surface area contributed by atoms with Crippen LogP contribution in [0.15, 0.2) is 0 Å². The lowest BCUT2D eigenvalue weighted by Gasteiger charge is -2.28. The van der Waals surface area contributed by atoms with Crippen molar-refractivity contribution in [3.05, 3.63) is 0 Å². The number of hydrogen-bond acceptors (Lipinski definition) is 4. The predicted octanol–water partition coefficient (Wildman–Crippen LogP) is 1.05. The molecule has 2 amide bonds. The minimum Gasteiger partial charge on any atom is -0.480 e. The normalized spacial score (nSPS) is 19.0. The van der Waals surface area contributed by atoms with Gasteiger partial charge in [0.2, 0.25) is 11.8 Å². The smallest absolute Gasteiger partial charge is 0.323 e. The summed E-state index contributed by atoms with van der Waals surface area (Å²) in [6, 6.07) is -0.0862. The molecule has 1 aliphatic rings. The fourth-order valence-corrected chi connectivity index (χ4v) is 3.01. The van der Waals surface area contributed by atoms with Gasteiger partial charge < -0.3 is 14.9 Å². The summed E-state index contributed by atoms with van der Waals surface area (Å²) in [6.07, 6.45) is 4.72. The van der Waals surface area contributed by atoms with E-state index in [-0.39, 0.29) is 24.4 Å². The quantitative estimate of drug-likeness (QED) is 0.792. The van der Waals surface area contributed by atoms with Gasteiger partial charge in [-0.15, -0.1) is 0 Å². The highest BCUT2D eigenvalue weighted by Crippen LogP contribution is 2.18. The van der Waals surface area contributed by atoms with E-state index in [1.165, 1.54) is 11.8 Å². The maximum atomic E-state index is 12.0. The molecule has 0 aliphatic carbocycles. The molecule has 0 aromatic carbocycles. The van der Waals surface area contributed by atoms with Crippen molar-refractivity contribution in [2.45, 2.75) is 38.6 Å². The van der Waals surface area contributed by atoms with Crippen LogP contribution in [0.3, 0.4) is 0 Å². The van der Waals surface area contributed by atoms with Crippen LogP contribution < -0.4 is 0 Å². The fraction of sp³-hybridized carbons (Fsp3) is 0.786. The van der Waals surface area contributed by atoms with Gasteiger partial charge in [-0.3, -0.25) is 14.4 Å². The first-order valence-corrected chi connectivity index (χ1v) is 8.60. The molecule has 1 atom stereocenters. The van der Waals surface area contributed by atoms with Gasteiger partial charge >= 0.3 is 5.97 Å². The Morgan fingerprint density at radius 1 is 1.29 bits per heavy atom. The zero-order valence-corrected chi connectivity index (χ0v) is 13.5. The fourth-order valence-electron chi connectivity index (χ4n) is 2.63. The lowest BCUT2D eigenvalue weighted by Crippen LogP contribution is -2.43. The third-order valence-corrected chi connectivity index (χ3v) is 4.33. The molecule has 1 N–H and O–H groups in total. The lowest BCUT2D eigenvalue weighted by atomic mass is 10.1. The molecule has 1 saturated heterocycles. The van der Waals surface area contributed by atoms with Crippen molar-refractivity contribution in [3.63, 3.8) is 0 Å². The molecule has 1 rings (SSSR count). The molecule has 7 heteroatoms. The van der Waals surface area contributed by atoms with E-state index in [1.54, 1.807) is 11.8 Å². The van der Waals surface area contributed by atoms with Crippen LogP contribution >= 0.6 is 11.8 Å². The van der Waals surface area contributed by atoms with E-state index in [0.29, 0.717) is 25.9 Å². The van der Waals surface area contributed by atoms with E-state index in [0.717, 1.165) is 18.6 Å². The summed E-state index contributed by atoms with van der Waals surface area (Å²) in [5, 5.41) is 8.91. The third kappa shape index (κ3) is 5.95. The van der Waals surface area contributed by atoms with E-state index < -0.39 is 5.97 Å². The van der Waals surface area contributed by atoms with E-state index in [4.69, 9.17) is 5.11 Å². The average Bonchev–Trinajstić information content (AvgIpc) is 2.67. The van der Waals surface area contributed by atoms with E-state index in [1.807, 2.05) is 11.2 Å². The molecule has 0 aromatic rings. The van der Waals surface area contributed by atoms with Crippen molar-refractivity contribution < 1.29 is 19.5 Å². The summed E-state index contributed by atoms with van der Waals surface area (Å²) in [4.78, 5) is 37.8. The molecule has 0 bridgehead atoms. The van der Waals surface area contributed by atoms with Crippen molar-refractivity contribution in [1.29, 1.82) is 0 Å². The summed E-state index contributed by atoms with van der Waals surface area (Å²) < 4.78 is 0. The van der Waals surface area contributed by atoms with Gasteiger partial charge in [-0.05, 0) is 25.5 Å². The second kappa shape index (κ2) is 8.92. The summed E-state index contributed by atoms with van der Waals surface area (Å²) >= 11 is 1.65. The molecule has 21 heavy (non-hydrogen) atoms. The third-order valence-electron chi connectivity index (χ3n) is 3.72. The zero-order valence-electron chi connectivity index (χ0n) is 12.7. The minimum atomic E-state index is -0.998. The number of carbonyl (C=O) groups is 3. The summed E-state index contributed by atoms with van der Waals surface area (Å²) in [5.41, 5.74) is 0. The number of nitrogens with zero attached hydrogens (tertiary/aromatic N) is 2. The van der Waals surface area contributed by atoms with Gasteiger partial charge in [0.15, 0.2) is 0 Å². The van der Waals surface area contributed by atoms with Crippen LogP contribution in [0.1, 0.15) is 32.6 Å². The van der Waals surface area contributed by atoms with Crippen LogP contribution in [-0.2, 0) is 14.4 Å². The van der Waals surface area contributed by atoms with Crippen LogP contribution in [0, 0.1) is 0 Å². The molecule has 1 aliphatic heterocycles. The average molecular weight is 316 g/mol. The number of hydrogen-bond donors (Lipinski definition) is 1. The Hall–Kier alpha value is -1.24. The van der Waals surface area contributed by atoms with Gasteiger partial charge in [0.1, 0.15) is 6.54 Å². The Morgan fingerprint density at radius 2 is 2.00 bits per heavy atom. The first-order chi connectivity index (χ1) is 9.95. The second-order valence-electron chi connectivity index (χ2n) is 5.25. The molecule has 0 aromatic heterocycles. The van der Waals surface area contributed by atoms with Crippen LogP contribution in [0.5, 0.6) is 0 Å². The number of amides is 2. The maximum Gasteiger partial charge on any atom is 0.323 e. The monoisotopic (exact) mass is 316 g/mol. The van der Waals surface area contributed by atoms with Gasteiger partial charge in [0, 0.05) is 38.2 Å². The number of aliphatic carboxylic acids is 1. The number of rotatable bonds is 6.